The first-order chi connectivity index (χ1) is 8.56. The SMILES string of the molecule is CC(C)Oc1ccc(-c2ncc(I)c(=O)[nH]2)cc1. The molecule has 18 heavy (non-hydrogen) atoms. The molecule has 0 atom stereocenters. The number of benzene rings is 1. The summed E-state index contributed by atoms with van der Waals surface area (Å²) in [6.07, 6.45) is 1.71. The largest absolute Gasteiger partial charge is 0.491 e. The number of hydrogen-bond donors (Lipinski definition) is 1. The van der Waals surface area contributed by atoms with Crippen molar-refractivity contribution in [3.8, 4) is 17.1 Å². The number of ether oxygens (including phenoxy) is 1. The Morgan fingerprint density at radius 2 is 1.94 bits per heavy atom. The molecule has 1 N–H and O–H groups in total. The number of hydrogen-bond acceptors (Lipinski definition) is 3. The molecule has 0 aliphatic carbocycles. The highest BCUT2D eigenvalue weighted by molar-refractivity contribution is 14.1. The minimum absolute atomic E-state index is 0.122. The predicted octanol–water partition coefficient (Wildman–Crippen LogP) is 2.83. The topological polar surface area (TPSA) is 55.0 Å². The fraction of sp³-hybridized carbons (Fsp3) is 0.231. The van der Waals surface area contributed by atoms with Crippen molar-refractivity contribution in [1.29, 1.82) is 0 Å². The lowest BCUT2D eigenvalue weighted by atomic mass is 10.2. The highest BCUT2D eigenvalue weighted by Gasteiger charge is 2.03. The summed E-state index contributed by atoms with van der Waals surface area (Å²) in [5.74, 6) is 1.37. The summed E-state index contributed by atoms with van der Waals surface area (Å²) in [5.41, 5.74) is 0.739. The lowest BCUT2D eigenvalue weighted by Crippen LogP contribution is -2.11. The smallest absolute Gasteiger partial charge is 0.264 e. The van der Waals surface area contributed by atoms with Gasteiger partial charge in [0.1, 0.15) is 11.6 Å². The Hall–Kier alpha value is -1.37. The Morgan fingerprint density at radius 1 is 1.28 bits per heavy atom. The first-order valence-electron chi connectivity index (χ1n) is 5.58. The normalized spacial score (nSPS) is 10.7. The molecule has 2 aromatic rings. The van der Waals surface area contributed by atoms with E-state index in [0.29, 0.717) is 9.39 Å². The molecular formula is C13H13IN2O2. The second kappa shape index (κ2) is 5.51. The third kappa shape index (κ3) is 3.10. The molecule has 0 spiro atoms. The van der Waals surface area contributed by atoms with Crippen molar-refractivity contribution >= 4 is 22.6 Å². The summed E-state index contributed by atoms with van der Waals surface area (Å²) in [5, 5.41) is 0. The van der Waals surface area contributed by atoms with Crippen LogP contribution in [-0.2, 0) is 0 Å². The van der Waals surface area contributed by atoms with Crippen LogP contribution in [0.15, 0.2) is 35.3 Å². The summed E-state index contributed by atoms with van der Waals surface area (Å²) < 4.78 is 6.13. The second-order valence-electron chi connectivity index (χ2n) is 4.10. The molecule has 0 unspecified atom stereocenters. The maximum atomic E-state index is 11.5. The van der Waals surface area contributed by atoms with Crippen molar-refractivity contribution in [2.45, 2.75) is 20.0 Å². The molecule has 0 amide bonds. The number of rotatable bonds is 3. The van der Waals surface area contributed by atoms with Gasteiger partial charge in [-0.25, -0.2) is 4.98 Å². The van der Waals surface area contributed by atoms with E-state index in [4.69, 9.17) is 4.74 Å². The first kappa shape index (κ1) is 13.1. The summed E-state index contributed by atoms with van der Waals surface area (Å²) in [6, 6.07) is 7.49. The number of nitrogens with zero attached hydrogens (tertiary/aromatic N) is 1. The molecule has 0 saturated carbocycles. The highest BCUT2D eigenvalue weighted by Crippen LogP contribution is 2.19. The predicted molar refractivity (Wildman–Crippen MR) is 78.8 cm³/mol. The number of H-pyrrole nitrogens is 1. The van der Waals surface area contributed by atoms with Crippen molar-refractivity contribution in [3.63, 3.8) is 0 Å². The van der Waals surface area contributed by atoms with Gasteiger partial charge in [0, 0.05) is 11.8 Å². The van der Waals surface area contributed by atoms with Gasteiger partial charge >= 0.3 is 0 Å². The van der Waals surface area contributed by atoms with Crippen molar-refractivity contribution in [1.82, 2.24) is 9.97 Å². The fourth-order valence-corrected chi connectivity index (χ4v) is 1.76. The van der Waals surface area contributed by atoms with Gasteiger partial charge < -0.3 is 9.72 Å². The van der Waals surface area contributed by atoms with E-state index in [-0.39, 0.29) is 11.7 Å². The summed E-state index contributed by atoms with van der Waals surface area (Å²) >= 11 is 1.95. The van der Waals surface area contributed by atoms with Crippen LogP contribution in [-0.4, -0.2) is 16.1 Å². The maximum absolute atomic E-state index is 11.5. The minimum Gasteiger partial charge on any atom is -0.491 e. The molecule has 1 aromatic heterocycles. The van der Waals surface area contributed by atoms with E-state index in [1.165, 1.54) is 0 Å². The zero-order valence-electron chi connectivity index (χ0n) is 10.1. The van der Waals surface area contributed by atoms with Crippen molar-refractivity contribution < 1.29 is 4.74 Å². The molecule has 0 saturated heterocycles. The molecule has 1 aromatic carbocycles. The Bertz CT molecular complexity index is 591. The molecule has 2 rings (SSSR count). The minimum atomic E-state index is -0.122. The number of halogens is 1. The van der Waals surface area contributed by atoms with E-state index in [1.54, 1.807) is 6.20 Å². The van der Waals surface area contributed by atoms with E-state index in [0.717, 1.165) is 11.3 Å². The molecule has 0 fully saturated rings. The van der Waals surface area contributed by atoms with Crippen LogP contribution < -0.4 is 10.3 Å². The molecule has 0 radical (unpaired) electrons. The van der Waals surface area contributed by atoms with Gasteiger partial charge in [-0.05, 0) is 60.7 Å². The van der Waals surface area contributed by atoms with Crippen LogP contribution in [0.2, 0.25) is 0 Å². The third-order valence-electron chi connectivity index (χ3n) is 2.26. The fourth-order valence-electron chi connectivity index (χ4n) is 1.49. The average molecular weight is 356 g/mol. The zero-order valence-corrected chi connectivity index (χ0v) is 12.3. The highest BCUT2D eigenvalue weighted by atomic mass is 127. The van der Waals surface area contributed by atoms with Crippen molar-refractivity contribution in [2.24, 2.45) is 0 Å². The van der Waals surface area contributed by atoms with E-state index in [9.17, 15) is 4.79 Å². The lowest BCUT2D eigenvalue weighted by molar-refractivity contribution is 0.242. The van der Waals surface area contributed by atoms with Gasteiger partial charge in [0.05, 0.1) is 9.67 Å². The van der Waals surface area contributed by atoms with Gasteiger partial charge in [-0.15, -0.1) is 0 Å². The van der Waals surface area contributed by atoms with Crippen LogP contribution in [0.4, 0.5) is 0 Å². The Labute approximate surface area is 119 Å². The Balaban J connectivity index is 2.28. The van der Waals surface area contributed by atoms with Crippen LogP contribution in [0.25, 0.3) is 11.4 Å². The standard InChI is InChI=1S/C13H13IN2O2/c1-8(2)18-10-5-3-9(4-6-10)12-15-7-11(14)13(17)16-12/h3-8H,1-2H3,(H,15,16,17). The van der Waals surface area contributed by atoms with E-state index in [1.807, 2.05) is 60.7 Å². The van der Waals surface area contributed by atoms with Crippen LogP contribution in [0.5, 0.6) is 5.75 Å². The zero-order chi connectivity index (χ0) is 13.1. The molecule has 0 aliphatic heterocycles. The molecule has 94 valence electrons. The third-order valence-corrected chi connectivity index (χ3v) is 3.02. The monoisotopic (exact) mass is 356 g/mol. The van der Waals surface area contributed by atoms with Gasteiger partial charge in [-0.3, -0.25) is 4.79 Å². The van der Waals surface area contributed by atoms with Gasteiger partial charge in [-0.1, -0.05) is 0 Å². The van der Waals surface area contributed by atoms with E-state index < -0.39 is 0 Å². The summed E-state index contributed by atoms with van der Waals surface area (Å²) in [7, 11) is 0. The summed E-state index contributed by atoms with van der Waals surface area (Å²) in [4.78, 5) is 18.4. The molecule has 0 aliphatic rings. The molecule has 0 bridgehead atoms. The van der Waals surface area contributed by atoms with Crippen LogP contribution in [0.1, 0.15) is 13.8 Å². The number of aromatic amines is 1. The van der Waals surface area contributed by atoms with Gasteiger partial charge in [0.25, 0.3) is 5.56 Å². The van der Waals surface area contributed by atoms with E-state index in [2.05, 4.69) is 9.97 Å². The number of aromatic nitrogens is 2. The molecule has 4 nitrogen and oxygen atoms in total. The van der Waals surface area contributed by atoms with Gasteiger partial charge in [-0.2, -0.15) is 0 Å². The van der Waals surface area contributed by atoms with Crippen LogP contribution in [0.3, 0.4) is 0 Å². The van der Waals surface area contributed by atoms with Crippen LogP contribution >= 0.6 is 22.6 Å². The molecule has 1 heterocycles. The first-order valence-corrected chi connectivity index (χ1v) is 6.66. The summed E-state index contributed by atoms with van der Waals surface area (Å²) in [6.45, 7) is 3.96. The molecular weight excluding hydrogens is 343 g/mol. The molecule has 5 heteroatoms. The van der Waals surface area contributed by atoms with Gasteiger partial charge in [0.15, 0.2) is 0 Å². The van der Waals surface area contributed by atoms with E-state index >= 15 is 0 Å². The number of nitrogens with one attached hydrogen (secondary N) is 1. The van der Waals surface area contributed by atoms with Gasteiger partial charge in [0.2, 0.25) is 0 Å². The van der Waals surface area contributed by atoms with Crippen molar-refractivity contribution in [3.05, 3.63) is 44.4 Å². The maximum Gasteiger partial charge on any atom is 0.264 e. The quantitative estimate of drug-likeness (QED) is 0.861. The Morgan fingerprint density at radius 3 is 2.50 bits per heavy atom. The lowest BCUT2D eigenvalue weighted by Gasteiger charge is -2.09. The van der Waals surface area contributed by atoms with Crippen molar-refractivity contribution in [2.75, 3.05) is 0 Å². The average Bonchev–Trinajstić information content (AvgIpc) is 2.33. The Kier molecular flexibility index (Phi) is 4.00. The van der Waals surface area contributed by atoms with Crippen LogP contribution in [0, 0.1) is 3.57 Å². The second-order valence-corrected chi connectivity index (χ2v) is 5.26.